The maximum absolute atomic E-state index is 13.2. The third kappa shape index (κ3) is 5.05. The van der Waals surface area contributed by atoms with Crippen molar-refractivity contribution in [1.29, 1.82) is 5.26 Å². The molecule has 0 bridgehead atoms. The molecule has 1 amide bonds. The Morgan fingerprint density at radius 2 is 2.10 bits per heavy atom. The number of hydrogen-bond acceptors (Lipinski definition) is 6. The van der Waals surface area contributed by atoms with Crippen LogP contribution >= 0.6 is 11.3 Å². The van der Waals surface area contributed by atoms with E-state index in [9.17, 15) is 19.2 Å². The lowest BCUT2D eigenvalue weighted by atomic mass is 10.1. The number of halogens is 1. The topological polar surface area (TPSA) is 108 Å². The van der Waals surface area contributed by atoms with Crippen LogP contribution in [0.1, 0.15) is 34.1 Å². The molecule has 2 heterocycles. The van der Waals surface area contributed by atoms with Crippen molar-refractivity contribution in [1.82, 2.24) is 10.2 Å². The molecule has 1 aromatic carbocycles. The van der Waals surface area contributed by atoms with E-state index in [1.54, 1.807) is 18.2 Å². The molecule has 31 heavy (non-hydrogen) atoms. The molecule has 0 unspecified atom stereocenters. The molecular weight excluding hydrogens is 419 g/mol. The summed E-state index contributed by atoms with van der Waals surface area (Å²) in [4.78, 5) is 25.8. The fourth-order valence-corrected chi connectivity index (χ4v) is 4.03. The van der Waals surface area contributed by atoms with Gasteiger partial charge in [0.2, 0.25) is 0 Å². The van der Waals surface area contributed by atoms with Gasteiger partial charge in [0.05, 0.1) is 24.6 Å². The van der Waals surface area contributed by atoms with Gasteiger partial charge in [0, 0.05) is 16.0 Å². The van der Waals surface area contributed by atoms with E-state index in [1.807, 2.05) is 13.0 Å². The van der Waals surface area contributed by atoms with Gasteiger partial charge in [-0.3, -0.25) is 9.89 Å². The van der Waals surface area contributed by atoms with Crippen molar-refractivity contribution in [2.45, 2.75) is 19.8 Å². The Bertz CT molecular complexity index is 1170. The number of anilines is 1. The Labute approximate surface area is 182 Å². The molecule has 0 aliphatic rings. The van der Waals surface area contributed by atoms with E-state index in [0.29, 0.717) is 21.8 Å². The first-order valence-corrected chi connectivity index (χ1v) is 10.2. The molecule has 0 aliphatic heterocycles. The van der Waals surface area contributed by atoms with Crippen molar-refractivity contribution in [3.63, 3.8) is 0 Å². The fourth-order valence-electron chi connectivity index (χ4n) is 2.89. The first kappa shape index (κ1) is 21.9. The number of hydrogen-bond donors (Lipinski definition) is 2. The molecule has 0 aliphatic carbocycles. The predicted molar refractivity (Wildman–Crippen MR) is 116 cm³/mol. The SMILES string of the molecule is CCCc1cc(C(=O)OC)c(NC(=O)C(C#N)=Cc2cn[nH]c2-c2ccc(F)cc2)s1. The molecule has 2 aromatic heterocycles. The van der Waals surface area contributed by atoms with E-state index >= 15 is 0 Å². The number of aryl methyl sites for hydroxylation is 1. The standard InChI is InChI=1S/C22H19FN4O3S/c1-3-4-17-10-18(22(29)30-2)21(31-17)26-20(28)14(11-24)9-15-12-25-27-19(15)13-5-7-16(23)8-6-13/h5-10,12H,3-4H2,1-2H3,(H,25,27)(H,26,28). The number of thiophene rings is 1. The van der Waals surface area contributed by atoms with E-state index < -0.39 is 11.9 Å². The van der Waals surface area contributed by atoms with Gasteiger partial charge >= 0.3 is 5.97 Å². The molecular formula is C22H19FN4O3S. The summed E-state index contributed by atoms with van der Waals surface area (Å²) in [6.45, 7) is 2.01. The zero-order valence-corrected chi connectivity index (χ0v) is 17.7. The highest BCUT2D eigenvalue weighted by Gasteiger charge is 2.20. The molecule has 158 valence electrons. The second-order valence-electron chi connectivity index (χ2n) is 6.53. The quantitative estimate of drug-likeness (QED) is 0.319. The number of nitrogens with one attached hydrogen (secondary N) is 2. The van der Waals surface area contributed by atoms with Crippen LogP contribution in [0.4, 0.5) is 9.39 Å². The Kier molecular flexibility index (Phi) is 6.95. The van der Waals surface area contributed by atoms with Gasteiger partial charge < -0.3 is 10.1 Å². The number of esters is 1. The minimum absolute atomic E-state index is 0.175. The summed E-state index contributed by atoms with van der Waals surface area (Å²) in [5, 5.41) is 19.3. The highest BCUT2D eigenvalue weighted by Crippen LogP contribution is 2.30. The number of nitriles is 1. The van der Waals surface area contributed by atoms with E-state index in [0.717, 1.165) is 17.7 Å². The number of carbonyl (C=O) groups is 2. The average molecular weight is 438 g/mol. The molecule has 0 fully saturated rings. The van der Waals surface area contributed by atoms with Gasteiger partial charge in [0.25, 0.3) is 5.91 Å². The first-order valence-electron chi connectivity index (χ1n) is 9.40. The zero-order chi connectivity index (χ0) is 22.4. The van der Waals surface area contributed by atoms with E-state index in [1.165, 1.54) is 42.9 Å². The van der Waals surface area contributed by atoms with Crippen molar-refractivity contribution in [2.24, 2.45) is 0 Å². The lowest BCUT2D eigenvalue weighted by Gasteiger charge is -2.05. The molecule has 0 spiro atoms. The van der Waals surface area contributed by atoms with Gasteiger partial charge in [-0.2, -0.15) is 10.4 Å². The normalized spacial score (nSPS) is 11.1. The van der Waals surface area contributed by atoms with Gasteiger partial charge in [-0.05, 0) is 42.8 Å². The maximum Gasteiger partial charge on any atom is 0.340 e. The lowest BCUT2D eigenvalue weighted by Crippen LogP contribution is -2.15. The Hall–Kier alpha value is -3.77. The minimum atomic E-state index is -0.663. The van der Waals surface area contributed by atoms with E-state index in [2.05, 4.69) is 15.5 Å². The first-order chi connectivity index (χ1) is 15.0. The number of H-pyrrole nitrogens is 1. The third-order valence-electron chi connectivity index (χ3n) is 4.38. The van der Waals surface area contributed by atoms with Crippen molar-refractivity contribution in [3.05, 3.63) is 63.9 Å². The fraction of sp³-hybridized carbons (Fsp3) is 0.182. The average Bonchev–Trinajstić information content (AvgIpc) is 3.39. The second kappa shape index (κ2) is 9.82. The third-order valence-corrected chi connectivity index (χ3v) is 5.49. The van der Waals surface area contributed by atoms with Crippen LogP contribution in [-0.4, -0.2) is 29.2 Å². The molecule has 7 nitrogen and oxygen atoms in total. The number of carbonyl (C=O) groups excluding carboxylic acids is 2. The van der Waals surface area contributed by atoms with Crippen molar-refractivity contribution in [2.75, 3.05) is 12.4 Å². The number of aromatic nitrogens is 2. The van der Waals surface area contributed by atoms with Crippen LogP contribution in [-0.2, 0) is 16.0 Å². The van der Waals surface area contributed by atoms with Crippen LogP contribution in [0.3, 0.4) is 0 Å². The van der Waals surface area contributed by atoms with Crippen LogP contribution in [0, 0.1) is 17.1 Å². The number of benzene rings is 1. The molecule has 2 N–H and O–H groups in total. The zero-order valence-electron chi connectivity index (χ0n) is 16.9. The van der Waals surface area contributed by atoms with Gasteiger partial charge in [-0.1, -0.05) is 13.3 Å². The summed E-state index contributed by atoms with van der Waals surface area (Å²) in [6, 6.07) is 9.31. The Morgan fingerprint density at radius 3 is 2.74 bits per heavy atom. The largest absolute Gasteiger partial charge is 0.465 e. The molecule has 0 saturated heterocycles. The predicted octanol–water partition coefficient (Wildman–Crippen LogP) is 4.56. The molecule has 9 heteroatoms. The summed E-state index contributed by atoms with van der Waals surface area (Å²) in [5.74, 6) is -1.61. The number of rotatable bonds is 7. The van der Waals surface area contributed by atoms with Gasteiger partial charge in [-0.25, -0.2) is 9.18 Å². The van der Waals surface area contributed by atoms with Crippen molar-refractivity contribution >= 4 is 34.3 Å². The molecule has 0 saturated carbocycles. The highest BCUT2D eigenvalue weighted by atomic mass is 32.1. The Morgan fingerprint density at radius 1 is 1.35 bits per heavy atom. The maximum atomic E-state index is 13.2. The highest BCUT2D eigenvalue weighted by molar-refractivity contribution is 7.16. The Balaban J connectivity index is 1.89. The summed E-state index contributed by atoms with van der Waals surface area (Å²) >= 11 is 1.27. The van der Waals surface area contributed by atoms with E-state index in [-0.39, 0.29) is 17.0 Å². The van der Waals surface area contributed by atoms with Crippen LogP contribution in [0.25, 0.3) is 17.3 Å². The van der Waals surface area contributed by atoms with Gasteiger partial charge in [-0.15, -0.1) is 11.3 Å². The second-order valence-corrected chi connectivity index (χ2v) is 7.67. The summed E-state index contributed by atoms with van der Waals surface area (Å²) < 4.78 is 18.0. The number of aromatic amines is 1. The summed E-state index contributed by atoms with van der Waals surface area (Å²) in [6.07, 6.45) is 4.48. The smallest absolute Gasteiger partial charge is 0.340 e. The number of nitrogens with zero attached hydrogens (tertiary/aromatic N) is 2. The minimum Gasteiger partial charge on any atom is -0.465 e. The molecule has 3 rings (SSSR count). The van der Waals surface area contributed by atoms with Crippen LogP contribution in [0.15, 0.2) is 42.1 Å². The van der Waals surface area contributed by atoms with Crippen LogP contribution in [0.5, 0.6) is 0 Å². The number of amides is 1. The molecule has 0 radical (unpaired) electrons. The van der Waals surface area contributed by atoms with E-state index in [4.69, 9.17) is 4.74 Å². The number of methoxy groups -OCH3 is 1. The van der Waals surface area contributed by atoms with Crippen molar-refractivity contribution in [3.8, 4) is 17.3 Å². The lowest BCUT2D eigenvalue weighted by molar-refractivity contribution is -0.112. The van der Waals surface area contributed by atoms with Gasteiger partial charge in [0.15, 0.2) is 0 Å². The molecule has 3 aromatic rings. The van der Waals surface area contributed by atoms with Gasteiger partial charge in [0.1, 0.15) is 22.5 Å². The van der Waals surface area contributed by atoms with Crippen LogP contribution in [0.2, 0.25) is 0 Å². The molecule has 0 atom stereocenters. The monoisotopic (exact) mass is 438 g/mol. The number of ether oxygens (including phenoxy) is 1. The summed E-state index contributed by atoms with van der Waals surface area (Å²) in [5.41, 5.74) is 1.75. The summed E-state index contributed by atoms with van der Waals surface area (Å²) in [7, 11) is 1.27. The van der Waals surface area contributed by atoms with Crippen LogP contribution < -0.4 is 5.32 Å². The van der Waals surface area contributed by atoms with Crippen molar-refractivity contribution < 1.29 is 18.7 Å².